The van der Waals surface area contributed by atoms with E-state index in [0.717, 1.165) is 37.1 Å². The van der Waals surface area contributed by atoms with E-state index in [1.807, 2.05) is 23.9 Å². The second-order valence-electron chi connectivity index (χ2n) is 9.57. The SMILES string of the molecule is Cc1cc(C2CCC(N3C[C@H](CS(C)(=O)=O)OC[C@@H]3Cc3ccc(Cl)cc3)CC2)nn1C. The Morgan fingerprint density at radius 3 is 2.44 bits per heavy atom. The Morgan fingerprint density at radius 2 is 1.84 bits per heavy atom. The lowest BCUT2D eigenvalue weighted by molar-refractivity contribution is -0.0755. The standard InChI is InChI=1S/C24H34ClN3O3S/c1-17-12-24(26-27(17)2)19-6-10-21(11-7-19)28-14-23(16-32(3,29)30)31-15-22(28)13-18-4-8-20(25)9-5-18/h4-5,8-9,12,19,21-23H,6-7,10-11,13-16H2,1-3H3/t19?,21?,22-,23+/m0/s1. The van der Waals surface area contributed by atoms with Crippen LogP contribution >= 0.6 is 11.6 Å². The lowest BCUT2D eigenvalue weighted by Gasteiger charge is -2.46. The average molecular weight is 480 g/mol. The first-order valence-electron chi connectivity index (χ1n) is 11.5. The summed E-state index contributed by atoms with van der Waals surface area (Å²) in [5.74, 6) is 0.591. The van der Waals surface area contributed by atoms with E-state index < -0.39 is 9.84 Å². The van der Waals surface area contributed by atoms with Gasteiger partial charge in [-0.2, -0.15) is 5.10 Å². The lowest BCUT2D eigenvalue weighted by Crippen LogP contribution is -2.56. The van der Waals surface area contributed by atoms with Crippen molar-refractivity contribution in [2.45, 2.75) is 63.1 Å². The molecule has 1 saturated carbocycles. The van der Waals surface area contributed by atoms with Crippen molar-refractivity contribution in [1.82, 2.24) is 14.7 Å². The normalized spacial score (nSPS) is 27.5. The summed E-state index contributed by atoms with van der Waals surface area (Å²) in [7, 11) is -1.08. The predicted octanol–water partition coefficient (Wildman–Crippen LogP) is 3.76. The van der Waals surface area contributed by atoms with Crippen LogP contribution in [0, 0.1) is 6.92 Å². The molecule has 1 aromatic carbocycles. The molecule has 2 atom stereocenters. The van der Waals surface area contributed by atoms with Crippen LogP contribution < -0.4 is 0 Å². The van der Waals surface area contributed by atoms with E-state index in [1.165, 1.54) is 23.2 Å². The van der Waals surface area contributed by atoms with Crippen molar-refractivity contribution in [2.75, 3.05) is 25.2 Å². The van der Waals surface area contributed by atoms with Gasteiger partial charge in [0.1, 0.15) is 9.84 Å². The van der Waals surface area contributed by atoms with E-state index in [9.17, 15) is 8.42 Å². The van der Waals surface area contributed by atoms with Crippen molar-refractivity contribution in [1.29, 1.82) is 0 Å². The van der Waals surface area contributed by atoms with E-state index >= 15 is 0 Å². The molecule has 1 aliphatic carbocycles. The highest BCUT2D eigenvalue weighted by Crippen LogP contribution is 2.36. The fourth-order valence-electron chi connectivity index (χ4n) is 5.23. The van der Waals surface area contributed by atoms with E-state index in [-0.39, 0.29) is 17.9 Å². The largest absolute Gasteiger partial charge is 0.374 e. The number of ether oxygens (including phenoxy) is 1. The summed E-state index contributed by atoms with van der Waals surface area (Å²) in [5.41, 5.74) is 3.63. The van der Waals surface area contributed by atoms with E-state index in [1.54, 1.807) is 0 Å². The summed E-state index contributed by atoms with van der Waals surface area (Å²) in [4.78, 5) is 2.54. The summed E-state index contributed by atoms with van der Waals surface area (Å²) in [6.07, 6.45) is 6.34. The molecule has 32 heavy (non-hydrogen) atoms. The second-order valence-corrected chi connectivity index (χ2v) is 12.2. The van der Waals surface area contributed by atoms with Gasteiger partial charge >= 0.3 is 0 Å². The second kappa shape index (κ2) is 9.84. The molecule has 2 fully saturated rings. The fourth-order valence-corrected chi connectivity index (χ4v) is 6.23. The maximum absolute atomic E-state index is 11.9. The molecule has 4 rings (SSSR count). The number of sulfone groups is 1. The van der Waals surface area contributed by atoms with Gasteiger partial charge in [0.2, 0.25) is 0 Å². The zero-order valence-corrected chi connectivity index (χ0v) is 20.8. The van der Waals surface area contributed by atoms with Gasteiger partial charge in [0.15, 0.2) is 0 Å². The van der Waals surface area contributed by atoms with Gasteiger partial charge in [-0.1, -0.05) is 23.7 Å². The van der Waals surface area contributed by atoms with Gasteiger partial charge in [-0.25, -0.2) is 8.42 Å². The van der Waals surface area contributed by atoms with Crippen molar-refractivity contribution >= 4 is 21.4 Å². The minimum atomic E-state index is -3.08. The highest BCUT2D eigenvalue weighted by molar-refractivity contribution is 7.90. The minimum absolute atomic E-state index is 0.0831. The van der Waals surface area contributed by atoms with Gasteiger partial charge in [0, 0.05) is 48.6 Å². The number of hydrogen-bond acceptors (Lipinski definition) is 5. The van der Waals surface area contributed by atoms with Gasteiger partial charge in [0.25, 0.3) is 0 Å². The highest BCUT2D eigenvalue weighted by atomic mass is 35.5. The van der Waals surface area contributed by atoms with Crippen LogP contribution in [0.25, 0.3) is 0 Å². The molecule has 1 aromatic heterocycles. The van der Waals surface area contributed by atoms with Crippen molar-refractivity contribution in [3.63, 3.8) is 0 Å². The summed E-state index contributed by atoms with van der Waals surface area (Å²) in [6, 6.07) is 10.9. The Kier molecular flexibility index (Phi) is 7.30. The molecule has 8 heteroatoms. The maximum atomic E-state index is 11.9. The highest BCUT2D eigenvalue weighted by Gasteiger charge is 2.37. The van der Waals surface area contributed by atoms with E-state index in [2.05, 4.69) is 30.0 Å². The zero-order chi connectivity index (χ0) is 22.9. The fraction of sp³-hybridized carbons (Fsp3) is 0.625. The third kappa shape index (κ3) is 5.93. The molecule has 6 nitrogen and oxygen atoms in total. The smallest absolute Gasteiger partial charge is 0.150 e. The van der Waals surface area contributed by atoms with Crippen LogP contribution in [0.2, 0.25) is 5.02 Å². The number of aromatic nitrogens is 2. The number of rotatable bonds is 6. The minimum Gasteiger partial charge on any atom is -0.374 e. The van der Waals surface area contributed by atoms with Crippen molar-refractivity contribution < 1.29 is 13.2 Å². The molecule has 2 heterocycles. The van der Waals surface area contributed by atoms with Crippen LogP contribution in [-0.2, 0) is 28.0 Å². The molecule has 0 unspecified atom stereocenters. The topological polar surface area (TPSA) is 64.4 Å². The number of aryl methyl sites for hydroxylation is 2. The number of morpholine rings is 1. The van der Waals surface area contributed by atoms with Crippen LogP contribution in [0.5, 0.6) is 0 Å². The summed E-state index contributed by atoms with van der Waals surface area (Å²) < 4.78 is 31.8. The van der Waals surface area contributed by atoms with Gasteiger partial charge in [-0.15, -0.1) is 0 Å². The van der Waals surface area contributed by atoms with Crippen molar-refractivity contribution in [2.24, 2.45) is 7.05 Å². The molecule has 2 aliphatic rings. The van der Waals surface area contributed by atoms with Crippen molar-refractivity contribution in [3.8, 4) is 0 Å². The molecule has 0 spiro atoms. The number of hydrogen-bond donors (Lipinski definition) is 0. The number of nitrogens with zero attached hydrogens (tertiary/aromatic N) is 3. The van der Waals surface area contributed by atoms with Crippen molar-refractivity contribution in [3.05, 3.63) is 52.3 Å². The Morgan fingerprint density at radius 1 is 1.16 bits per heavy atom. The zero-order valence-electron chi connectivity index (χ0n) is 19.2. The van der Waals surface area contributed by atoms with Gasteiger partial charge < -0.3 is 4.74 Å². The molecule has 1 saturated heterocycles. The first-order valence-corrected chi connectivity index (χ1v) is 13.9. The Hall–Kier alpha value is -1.41. The number of halogens is 1. The molecular weight excluding hydrogens is 446 g/mol. The van der Waals surface area contributed by atoms with E-state index in [0.29, 0.717) is 25.1 Å². The third-order valence-corrected chi connectivity index (χ3v) is 8.23. The van der Waals surface area contributed by atoms with Crippen LogP contribution in [0.4, 0.5) is 0 Å². The molecule has 0 amide bonds. The Labute approximate surface area is 196 Å². The van der Waals surface area contributed by atoms with E-state index in [4.69, 9.17) is 21.4 Å². The van der Waals surface area contributed by atoms with Gasteiger partial charge in [0.05, 0.1) is 24.2 Å². The molecule has 0 N–H and O–H groups in total. The molecule has 1 aliphatic heterocycles. The first-order chi connectivity index (χ1) is 15.2. The van der Waals surface area contributed by atoms with Gasteiger partial charge in [-0.05, 0) is 62.8 Å². The number of benzene rings is 1. The van der Waals surface area contributed by atoms with Crippen LogP contribution in [0.3, 0.4) is 0 Å². The predicted molar refractivity (Wildman–Crippen MR) is 128 cm³/mol. The van der Waals surface area contributed by atoms with Gasteiger partial charge in [-0.3, -0.25) is 9.58 Å². The quantitative estimate of drug-likeness (QED) is 0.631. The lowest BCUT2D eigenvalue weighted by atomic mass is 9.82. The maximum Gasteiger partial charge on any atom is 0.150 e. The first kappa shape index (κ1) is 23.7. The van der Waals surface area contributed by atoms with Crippen LogP contribution in [-0.4, -0.2) is 66.4 Å². The Bertz CT molecular complexity index is 994. The average Bonchev–Trinajstić information content (AvgIpc) is 3.08. The van der Waals surface area contributed by atoms with Crippen LogP contribution in [0.1, 0.15) is 48.6 Å². The molecular formula is C24H34ClN3O3S. The monoisotopic (exact) mass is 479 g/mol. The molecule has 176 valence electrons. The third-order valence-electron chi connectivity index (χ3n) is 7.00. The molecule has 0 bridgehead atoms. The Balaban J connectivity index is 1.46. The molecule has 2 aromatic rings. The van der Waals surface area contributed by atoms with Crippen LogP contribution in [0.15, 0.2) is 30.3 Å². The summed E-state index contributed by atoms with van der Waals surface area (Å²) in [6.45, 7) is 3.32. The molecule has 0 radical (unpaired) electrons. The summed E-state index contributed by atoms with van der Waals surface area (Å²) >= 11 is 6.06. The summed E-state index contributed by atoms with van der Waals surface area (Å²) in [5, 5.41) is 5.45.